The summed E-state index contributed by atoms with van der Waals surface area (Å²) in [6.07, 6.45) is -0.220. The molecular formula is C26H35NO7. The fourth-order valence-electron chi connectivity index (χ4n) is 3.20. The van der Waals surface area contributed by atoms with Crippen LogP contribution in [0.25, 0.3) is 0 Å². The van der Waals surface area contributed by atoms with E-state index in [0.717, 1.165) is 12.0 Å². The Labute approximate surface area is 201 Å². The highest BCUT2D eigenvalue weighted by molar-refractivity contribution is 5.73. The van der Waals surface area contributed by atoms with Crippen molar-refractivity contribution in [2.75, 3.05) is 33.4 Å². The summed E-state index contributed by atoms with van der Waals surface area (Å²) < 4.78 is 21.9. The number of ether oxygens (including phenoxy) is 4. The van der Waals surface area contributed by atoms with Crippen molar-refractivity contribution < 1.29 is 33.6 Å². The minimum Gasteiger partial charge on any atom is -0.493 e. The van der Waals surface area contributed by atoms with Crippen molar-refractivity contribution in [1.82, 2.24) is 4.90 Å². The van der Waals surface area contributed by atoms with E-state index in [2.05, 4.69) is 13.8 Å². The monoisotopic (exact) mass is 473 g/mol. The first-order valence-corrected chi connectivity index (χ1v) is 11.5. The molecule has 0 radical (unpaired) electrons. The Bertz CT molecular complexity index is 898. The first-order valence-electron chi connectivity index (χ1n) is 11.5. The Hall–Kier alpha value is -3.26. The molecule has 1 N–H and O–H groups in total. The van der Waals surface area contributed by atoms with Crippen molar-refractivity contribution in [2.45, 2.75) is 39.7 Å². The van der Waals surface area contributed by atoms with Crippen LogP contribution >= 0.6 is 0 Å². The molecule has 0 bridgehead atoms. The first-order chi connectivity index (χ1) is 16.3. The molecule has 34 heavy (non-hydrogen) atoms. The lowest BCUT2D eigenvalue weighted by Gasteiger charge is -2.23. The van der Waals surface area contributed by atoms with Gasteiger partial charge >= 0.3 is 12.1 Å². The number of carbonyl (C=O) groups excluding carboxylic acids is 1. The second kappa shape index (κ2) is 14.1. The highest BCUT2D eigenvalue weighted by Crippen LogP contribution is 2.26. The molecule has 0 fully saturated rings. The number of hydrogen-bond donors (Lipinski definition) is 1. The third-order valence-electron chi connectivity index (χ3n) is 5.12. The molecule has 186 valence electrons. The van der Waals surface area contributed by atoms with Gasteiger partial charge in [-0.2, -0.15) is 0 Å². The van der Waals surface area contributed by atoms with Gasteiger partial charge in [-0.3, -0.25) is 0 Å². The molecule has 2 rings (SSSR count). The highest BCUT2D eigenvalue weighted by atomic mass is 16.6. The third kappa shape index (κ3) is 8.94. The number of hydrogen-bond acceptors (Lipinski definition) is 6. The van der Waals surface area contributed by atoms with Crippen LogP contribution in [0.5, 0.6) is 17.2 Å². The molecular weight excluding hydrogens is 438 g/mol. The van der Waals surface area contributed by atoms with Crippen LogP contribution in [0.3, 0.4) is 0 Å². The minimum atomic E-state index is -0.983. The van der Waals surface area contributed by atoms with Crippen molar-refractivity contribution in [3.63, 3.8) is 0 Å². The topological polar surface area (TPSA) is 94.5 Å². The van der Waals surface area contributed by atoms with Gasteiger partial charge in [-0.25, -0.2) is 9.59 Å². The maximum atomic E-state index is 12.8. The number of carbonyl (C=O) groups is 2. The Morgan fingerprint density at radius 1 is 1.00 bits per heavy atom. The van der Waals surface area contributed by atoms with Gasteiger partial charge in [0.1, 0.15) is 12.4 Å². The van der Waals surface area contributed by atoms with Gasteiger partial charge in [-0.05, 0) is 49.1 Å². The number of amides is 1. The van der Waals surface area contributed by atoms with E-state index in [1.165, 1.54) is 7.11 Å². The summed E-state index contributed by atoms with van der Waals surface area (Å²) in [5.74, 6) is 0.942. The lowest BCUT2D eigenvalue weighted by Crippen LogP contribution is -2.38. The standard InChI is InChI=1S/C26H35NO7/c1-5-32-24(25(28)29)18-20-10-12-21(13-11-20)33-17-16-27(15-14-19(2)3)26(30)34-23-9-7-6-8-22(23)31-4/h6-13,19,24H,5,14-18H2,1-4H3,(H,28,29). The Kier molecular flexibility index (Phi) is 11.2. The molecule has 0 spiro atoms. The van der Waals surface area contributed by atoms with Crippen LogP contribution in [-0.4, -0.2) is 61.6 Å². The molecule has 2 aromatic carbocycles. The van der Waals surface area contributed by atoms with Crippen LogP contribution in [0, 0.1) is 5.92 Å². The third-order valence-corrected chi connectivity index (χ3v) is 5.12. The zero-order chi connectivity index (χ0) is 24.9. The lowest BCUT2D eigenvalue weighted by atomic mass is 10.1. The van der Waals surface area contributed by atoms with E-state index in [4.69, 9.17) is 18.9 Å². The summed E-state index contributed by atoms with van der Waals surface area (Å²) in [6.45, 7) is 7.49. The van der Waals surface area contributed by atoms with Gasteiger partial charge in [0.05, 0.1) is 13.7 Å². The van der Waals surface area contributed by atoms with Gasteiger partial charge in [0.25, 0.3) is 0 Å². The van der Waals surface area contributed by atoms with Crippen LogP contribution in [0.15, 0.2) is 48.5 Å². The van der Waals surface area contributed by atoms with Crippen molar-refractivity contribution in [1.29, 1.82) is 0 Å². The number of benzene rings is 2. The van der Waals surface area contributed by atoms with Crippen LogP contribution in [0.4, 0.5) is 4.79 Å². The summed E-state index contributed by atoms with van der Waals surface area (Å²) in [5, 5.41) is 9.23. The van der Waals surface area contributed by atoms with E-state index >= 15 is 0 Å². The second-order valence-corrected chi connectivity index (χ2v) is 8.17. The average Bonchev–Trinajstić information content (AvgIpc) is 2.82. The van der Waals surface area contributed by atoms with Crippen molar-refractivity contribution in [3.05, 3.63) is 54.1 Å². The van der Waals surface area contributed by atoms with E-state index in [0.29, 0.717) is 42.9 Å². The number of rotatable bonds is 14. The minimum absolute atomic E-state index is 0.279. The Morgan fingerprint density at radius 2 is 1.68 bits per heavy atom. The van der Waals surface area contributed by atoms with Crippen molar-refractivity contribution in [2.24, 2.45) is 5.92 Å². The van der Waals surface area contributed by atoms with Gasteiger partial charge in [0.2, 0.25) is 0 Å². The summed E-state index contributed by atoms with van der Waals surface area (Å²) in [7, 11) is 1.53. The second-order valence-electron chi connectivity index (χ2n) is 8.17. The molecule has 0 heterocycles. The molecule has 0 aromatic heterocycles. The molecule has 0 saturated carbocycles. The fourth-order valence-corrected chi connectivity index (χ4v) is 3.20. The fraction of sp³-hybridized carbons (Fsp3) is 0.462. The Morgan fingerprint density at radius 3 is 2.26 bits per heavy atom. The SMILES string of the molecule is CCOC(Cc1ccc(OCCN(CCC(C)C)C(=O)Oc2ccccc2OC)cc1)C(=O)O. The summed E-state index contributed by atoms with van der Waals surface area (Å²) >= 11 is 0. The summed E-state index contributed by atoms with van der Waals surface area (Å²) in [5.41, 5.74) is 0.840. The van der Waals surface area contributed by atoms with Crippen molar-refractivity contribution in [3.8, 4) is 17.2 Å². The highest BCUT2D eigenvalue weighted by Gasteiger charge is 2.19. The Balaban J connectivity index is 1.94. The molecule has 0 saturated heterocycles. The zero-order valence-electron chi connectivity index (χ0n) is 20.4. The smallest absolute Gasteiger partial charge is 0.415 e. The van der Waals surface area contributed by atoms with Crippen LogP contribution in [-0.2, 0) is 16.0 Å². The van der Waals surface area contributed by atoms with Crippen LogP contribution in [0.1, 0.15) is 32.8 Å². The van der Waals surface area contributed by atoms with E-state index in [9.17, 15) is 14.7 Å². The number of nitrogens with zero attached hydrogens (tertiary/aromatic N) is 1. The number of para-hydroxylation sites is 2. The quantitative estimate of drug-likeness (QED) is 0.427. The maximum Gasteiger partial charge on any atom is 0.415 e. The number of methoxy groups -OCH3 is 1. The predicted octanol–water partition coefficient (Wildman–Crippen LogP) is 4.65. The molecule has 2 aromatic rings. The van der Waals surface area contributed by atoms with Crippen LogP contribution < -0.4 is 14.2 Å². The van der Waals surface area contributed by atoms with Gasteiger partial charge < -0.3 is 29.0 Å². The van der Waals surface area contributed by atoms with E-state index in [1.54, 1.807) is 42.2 Å². The summed E-state index contributed by atoms with van der Waals surface area (Å²) in [4.78, 5) is 25.7. The van der Waals surface area contributed by atoms with Gasteiger partial charge in [-0.1, -0.05) is 38.1 Å². The lowest BCUT2D eigenvalue weighted by molar-refractivity contribution is -0.149. The van der Waals surface area contributed by atoms with E-state index < -0.39 is 18.2 Å². The van der Waals surface area contributed by atoms with E-state index in [-0.39, 0.29) is 13.0 Å². The zero-order valence-corrected chi connectivity index (χ0v) is 20.4. The number of carboxylic acids is 1. The van der Waals surface area contributed by atoms with E-state index in [1.807, 2.05) is 18.2 Å². The summed E-state index contributed by atoms with van der Waals surface area (Å²) in [6, 6.07) is 14.2. The number of carboxylic acid groups (broad SMARTS) is 1. The average molecular weight is 474 g/mol. The number of aliphatic carboxylic acids is 1. The molecule has 8 heteroatoms. The molecule has 0 aliphatic carbocycles. The molecule has 1 unspecified atom stereocenters. The molecule has 8 nitrogen and oxygen atoms in total. The van der Waals surface area contributed by atoms with Gasteiger partial charge in [0, 0.05) is 19.6 Å². The predicted molar refractivity (Wildman–Crippen MR) is 129 cm³/mol. The largest absolute Gasteiger partial charge is 0.493 e. The van der Waals surface area contributed by atoms with Gasteiger partial charge in [0.15, 0.2) is 17.6 Å². The van der Waals surface area contributed by atoms with Crippen LogP contribution in [0.2, 0.25) is 0 Å². The molecule has 1 atom stereocenters. The normalized spacial score (nSPS) is 11.7. The first kappa shape index (κ1) is 27.0. The molecule has 0 aliphatic rings. The molecule has 0 aliphatic heterocycles. The van der Waals surface area contributed by atoms with Crippen molar-refractivity contribution >= 4 is 12.1 Å². The maximum absolute atomic E-state index is 12.8. The molecule has 1 amide bonds. The van der Waals surface area contributed by atoms with Gasteiger partial charge in [-0.15, -0.1) is 0 Å².